The molecule has 1 saturated heterocycles. The van der Waals surface area contributed by atoms with Crippen molar-refractivity contribution < 1.29 is 13.3 Å². The third kappa shape index (κ3) is 3.57. The number of hydrogen-bond acceptors (Lipinski definition) is 5. The van der Waals surface area contributed by atoms with Crippen LogP contribution in [-0.4, -0.2) is 36.8 Å². The van der Waals surface area contributed by atoms with E-state index in [1.807, 2.05) is 13.8 Å². The first kappa shape index (κ1) is 18.8. The summed E-state index contributed by atoms with van der Waals surface area (Å²) in [5.41, 5.74) is 5.45. The summed E-state index contributed by atoms with van der Waals surface area (Å²) in [4.78, 5) is 10.1. The van der Waals surface area contributed by atoms with E-state index >= 15 is 0 Å². The molecule has 22 heavy (non-hydrogen) atoms. The number of nitrogens with zero attached hydrogens (tertiary/aromatic N) is 2. The van der Waals surface area contributed by atoms with Crippen molar-refractivity contribution in [2.24, 2.45) is 11.1 Å². The maximum Gasteiger partial charge on any atom is 0.270 e. The Morgan fingerprint density at radius 1 is 1.41 bits per heavy atom. The molecule has 1 aliphatic rings. The van der Waals surface area contributed by atoms with Crippen LogP contribution in [0.2, 0.25) is 0 Å². The highest BCUT2D eigenvalue weighted by molar-refractivity contribution is 7.89. The number of rotatable bonds is 3. The predicted molar refractivity (Wildman–Crippen MR) is 85.5 cm³/mol. The van der Waals surface area contributed by atoms with E-state index in [1.165, 1.54) is 22.5 Å². The van der Waals surface area contributed by atoms with Gasteiger partial charge in [0.05, 0.1) is 9.82 Å². The predicted octanol–water partition coefficient (Wildman–Crippen LogP) is 1.76. The van der Waals surface area contributed by atoms with Crippen LogP contribution in [0.5, 0.6) is 0 Å². The number of non-ortho nitro benzene ring substituents is 1. The van der Waals surface area contributed by atoms with Gasteiger partial charge < -0.3 is 5.73 Å². The maximum absolute atomic E-state index is 12.6. The van der Waals surface area contributed by atoms with Gasteiger partial charge in [-0.2, -0.15) is 4.31 Å². The van der Waals surface area contributed by atoms with Crippen molar-refractivity contribution in [3.05, 3.63) is 34.4 Å². The highest BCUT2D eigenvalue weighted by Gasteiger charge is 2.39. The molecule has 0 aromatic heterocycles. The molecule has 1 unspecified atom stereocenters. The van der Waals surface area contributed by atoms with Gasteiger partial charge in [-0.25, -0.2) is 8.42 Å². The maximum atomic E-state index is 12.6. The molecule has 1 aromatic rings. The topological polar surface area (TPSA) is 107 Å². The van der Waals surface area contributed by atoms with Gasteiger partial charge in [-0.15, -0.1) is 12.4 Å². The van der Waals surface area contributed by atoms with Crippen molar-refractivity contribution in [1.82, 2.24) is 4.31 Å². The molecule has 2 N–H and O–H groups in total. The molecule has 2 rings (SSSR count). The van der Waals surface area contributed by atoms with Gasteiger partial charge in [0.25, 0.3) is 5.69 Å². The normalized spacial score (nSPS) is 21.9. The molecular formula is C13H20ClN3O4S. The fourth-order valence-corrected chi connectivity index (χ4v) is 4.10. The lowest BCUT2D eigenvalue weighted by Crippen LogP contribution is -2.53. The van der Waals surface area contributed by atoms with Gasteiger partial charge >= 0.3 is 0 Å². The van der Waals surface area contributed by atoms with Gasteiger partial charge in [-0.05, 0) is 17.9 Å². The van der Waals surface area contributed by atoms with Gasteiger partial charge in [-0.3, -0.25) is 10.1 Å². The molecule has 7 nitrogen and oxygen atoms in total. The molecule has 124 valence electrons. The number of nitro groups is 1. The zero-order chi connectivity index (χ0) is 15.8. The summed E-state index contributed by atoms with van der Waals surface area (Å²) in [5, 5.41) is 10.8. The van der Waals surface area contributed by atoms with E-state index in [4.69, 9.17) is 5.73 Å². The van der Waals surface area contributed by atoms with Crippen molar-refractivity contribution >= 4 is 28.1 Å². The Labute approximate surface area is 136 Å². The number of hydrogen-bond donors (Lipinski definition) is 1. The number of nitrogens with two attached hydrogens (primary N) is 1. The third-order valence-electron chi connectivity index (χ3n) is 3.94. The number of benzene rings is 1. The minimum absolute atomic E-state index is 0. The quantitative estimate of drug-likeness (QED) is 0.661. The van der Waals surface area contributed by atoms with Crippen LogP contribution < -0.4 is 5.73 Å². The van der Waals surface area contributed by atoms with Crippen LogP contribution in [0.4, 0.5) is 5.69 Å². The van der Waals surface area contributed by atoms with Gasteiger partial charge in [0.15, 0.2) is 0 Å². The van der Waals surface area contributed by atoms with Crippen molar-refractivity contribution in [2.45, 2.75) is 31.2 Å². The van der Waals surface area contributed by atoms with E-state index in [1.54, 1.807) is 0 Å². The largest absolute Gasteiger partial charge is 0.327 e. The van der Waals surface area contributed by atoms with Crippen LogP contribution in [0.15, 0.2) is 29.2 Å². The average Bonchev–Trinajstić information content (AvgIpc) is 2.41. The van der Waals surface area contributed by atoms with Crippen molar-refractivity contribution in [3.8, 4) is 0 Å². The summed E-state index contributed by atoms with van der Waals surface area (Å²) in [7, 11) is -3.74. The molecule has 0 radical (unpaired) electrons. The zero-order valence-electron chi connectivity index (χ0n) is 12.4. The average molecular weight is 350 g/mol. The summed E-state index contributed by atoms with van der Waals surface area (Å²) in [6, 6.07) is 5.07. The minimum atomic E-state index is -3.74. The molecule has 1 fully saturated rings. The summed E-state index contributed by atoms with van der Waals surface area (Å²) in [6.45, 7) is 4.48. The number of halogens is 1. The molecule has 1 heterocycles. The summed E-state index contributed by atoms with van der Waals surface area (Å²) in [6.07, 6.45) is 0.571. The lowest BCUT2D eigenvalue weighted by atomic mass is 9.81. The van der Waals surface area contributed by atoms with Gasteiger partial charge in [0.2, 0.25) is 10.0 Å². The Morgan fingerprint density at radius 2 is 2.05 bits per heavy atom. The molecule has 1 aliphatic heterocycles. The molecular weight excluding hydrogens is 330 g/mol. The fraction of sp³-hybridized carbons (Fsp3) is 0.538. The van der Waals surface area contributed by atoms with Crippen molar-refractivity contribution in [2.75, 3.05) is 13.1 Å². The second-order valence-electron chi connectivity index (χ2n) is 5.98. The Bertz CT molecular complexity index is 663. The number of nitro benzene ring substituents is 1. The smallest absolute Gasteiger partial charge is 0.270 e. The van der Waals surface area contributed by atoms with Crippen LogP contribution in [-0.2, 0) is 10.0 Å². The Balaban J connectivity index is 0.00000242. The standard InChI is InChI=1S/C13H19N3O4S.ClH/c1-13(2)9-15(7-6-12(13)14)21(19,20)11-5-3-4-10(8-11)16(17)18;/h3-5,8,12H,6-7,9,14H2,1-2H3;1H. The van der Waals surface area contributed by atoms with Gasteiger partial charge in [0, 0.05) is 31.3 Å². The van der Waals surface area contributed by atoms with Crippen molar-refractivity contribution in [1.29, 1.82) is 0 Å². The van der Waals surface area contributed by atoms with E-state index in [2.05, 4.69) is 0 Å². The fourth-order valence-electron chi connectivity index (χ4n) is 2.44. The van der Waals surface area contributed by atoms with E-state index in [9.17, 15) is 18.5 Å². The van der Waals surface area contributed by atoms with Crippen LogP contribution in [0.25, 0.3) is 0 Å². The monoisotopic (exact) mass is 349 g/mol. The van der Waals surface area contributed by atoms with E-state index in [-0.39, 0.29) is 34.4 Å². The summed E-state index contributed by atoms with van der Waals surface area (Å²) in [5.74, 6) is 0. The first-order chi connectivity index (χ1) is 9.64. The summed E-state index contributed by atoms with van der Waals surface area (Å²) < 4.78 is 26.6. The van der Waals surface area contributed by atoms with Crippen LogP contribution in [0, 0.1) is 15.5 Å². The molecule has 1 atom stereocenters. The van der Waals surface area contributed by atoms with E-state index in [0.29, 0.717) is 19.5 Å². The van der Waals surface area contributed by atoms with Gasteiger partial charge in [-0.1, -0.05) is 19.9 Å². The molecule has 0 bridgehead atoms. The molecule has 0 aliphatic carbocycles. The Hall–Kier alpha value is -1.22. The first-order valence-corrected chi connectivity index (χ1v) is 8.09. The molecule has 0 amide bonds. The Kier molecular flexibility index (Phi) is 5.56. The molecule has 0 saturated carbocycles. The lowest BCUT2D eigenvalue weighted by Gasteiger charge is -2.41. The van der Waals surface area contributed by atoms with E-state index in [0.717, 1.165) is 6.07 Å². The second kappa shape index (κ2) is 6.49. The second-order valence-corrected chi connectivity index (χ2v) is 7.91. The minimum Gasteiger partial charge on any atom is -0.327 e. The van der Waals surface area contributed by atoms with Crippen LogP contribution in [0.3, 0.4) is 0 Å². The third-order valence-corrected chi connectivity index (χ3v) is 5.78. The highest BCUT2D eigenvalue weighted by atomic mass is 35.5. The zero-order valence-corrected chi connectivity index (χ0v) is 14.1. The molecule has 0 spiro atoms. The highest BCUT2D eigenvalue weighted by Crippen LogP contribution is 2.31. The first-order valence-electron chi connectivity index (χ1n) is 6.65. The lowest BCUT2D eigenvalue weighted by molar-refractivity contribution is -0.385. The van der Waals surface area contributed by atoms with Gasteiger partial charge in [0.1, 0.15) is 0 Å². The molecule has 9 heteroatoms. The Morgan fingerprint density at radius 3 is 2.59 bits per heavy atom. The number of piperidine rings is 1. The molecule has 1 aromatic carbocycles. The van der Waals surface area contributed by atoms with Crippen LogP contribution in [0.1, 0.15) is 20.3 Å². The SMILES string of the molecule is CC1(C)CN(S(=O)(=O)c2cccc([N+](=O)[O-])c2)CCC1N.Cl. The number of sulfonamides is 1. The van der Waals surface area contributed by atoms with Crippen molar-refractivity contribution in [3.63, 3.8) is 0 Å². The van der Waals surface area contributed by atoms with E-state index < -0.39 is 14.9 Å². The summed E-state index contributed by atoms with van der Waals surface area (Å²) >= 11 is 0. The van der Waals surface area contributed by atoms with Crippen LogP contribution >= 0.6 is 12.4 Å².